The second-order valence-electron chi connectivity index (χ2n) is 5.25. The molecule has 3 rings (SSSR count). The summed E-state index contributed by atoms with van der Waals surface area (Å²) in [5.74, 6) is 0.975. The van der Waals surface area contributed by atoms with E-state index in [0.717, 1.165) is 41.9 Å². The fourth-order valence-corrected chi connectivity index (χ4v) is 2.71. The zero-order chi connectivity index (χ0) is 11.9. The number of hydrogen-bond acceptors (Lipinski definition) is 3. The van der Waals surface area contributed by atoms with Crippen LogP contribution in [-0.2, 0) is 6.42 Å². The predicted molar refractivity (Wildman–Crippen MR) is 67.7 cm³/mol. The molecule has 1 fully saturated rings. The summed E-state index contributed by atoms with van der Waals surface area (Å²) in [6, 6.07) is 4.03. The third-order valence-electron chi connectivity index (χ3n) is 3.65. The van der Waals surface area contributed by atoms with Crippen LogP contribution >= 0.6 is 0 Å². The maximum atomic E-state index is 6.36. The highest BCUT2D eigenvalue weighted by atomic mass is 15.0. The first-order valence-corrected chi connectivity index (χ1v) is 6.26. The molecule has 0 aromatic carbocycles. The van der Waals surface area contributed by atoms with E-state index in [1.165, 1.54) is 12.8 Å². The summed E-state index contributed by atoms with van der Waals surface area (Å²) in [6.45, 7) is 1.98. The van der Waals surface area contributed by atoms with Gasteiger partial charge in [-0.05, 0) is 31.9 Å². The minimum atomic E-state index is -0.0527. The minimum Gasteiger partial charge on any atom is -0.341 e. The zero-order valence-corrected chi connectivity index (χ0v) is 10.2. The number of imidazole rings is 1. The highest BCUT2D eigenvalue weighted by Gasteiger charge is 2.30. The van der Waals surface area contributed by atoms with Gasteiger partial charge in [0.05, 0.1) is 5.52 Å². The predicted octanol–water partition coefficient (Wildman–Crippen LogP) is 2.08. The zero-order valence-electron chi connectivity index (χ0n) is 10.2. The summed E-state index contributed by atoms with van der Waals surface area (Å²) in [4.78, 5) is 12.3. The van der Waals surface area contributed by atoms with Crippen LogP contribution in [0.4, 0.5) is 0 Å². The SMILES string of the molecule is Cc1ccc2[nH]c(CC3(N)CCCC3)nc2n1. The molecule has 2 aromatic heterocycles. The molecule has 1 aliphatic carbocycles. The highest BCUT2D eigenvalue weighted by Crippen LogP contribution is 2.30. The van der Waals surface area contributed by atoms with Crippen LogP contribution in [0.2, 0.25) is 0 Å². The smallest absolute Gasteiger partial charge is 0.177 e. The Kier molecular flexibility index (Phi) is 2.40. The van der Waals surface area contributed by atoms with E-state index in [0.29, 0.717) is 0 Å². The average molecular weight is 230 g/mol. The van der Waals surface area contributed by atoms with Gasteiger partial charge in [0.15, 0.2) is 5.65 Å². The fraction of sp³-hybridized carbons (Fsp3) is 0.538. The van der Waals surface area contributed by atoms with E-state index in [1.54, 1.807) is 0 Å². The van der Waals surface area contributed by atoms with Crippen molar-refractivity contribution in [1.29, 1.82) is 0 Å². The van der Waals surface area contributed by atoms with Gasteiger partial charge in [-0.15, -0.1) is 0 Å². The lowest BCUT2D eigenvalue weighted by atomic mass is 9.94. The number of aromatic amines is 1. The van der Waals surface area contributed by atoms with Gasteiger partial charge in [0.2, 0.25) is 0 Å². The lowest BCUT2D eigenvalue weighted by molar-refractivity contribution is 0.428. The van der Waals surface area contributed by atoms with Crippen molar-refractivity contribution >= 4 is 11.2 Å². The van der Waals surface area contributed by atoms with Crippen molar-refractivity contribution < 1.29 is 0 Å². The molecule has 0 aliphatic heterocycles. The standard InChI is InChI=1S/C13H18N4/c1-9-4-5-10-12(15-9)17-11(16-10)8-13(14)6-2-3-7-13/h4-5H,2-3,6-8,14H2,1H3,(H,15,16,17). The van der Waals surface area contributed by atoms with Crippen LogP contribution in [0.3, 0.4) is 0 Å². The van der Waals surface area contributed by atoms with E-state index in [-0.39, 0.29) is 5.54 Å². The first kappa shape index (κ1) is 10.7. The topological polar surface area (TPSA) is 67.6 Å². The van der Waals surface area contributed by atoms with Gasteiger partial charge in [-0.2, -0.15) is 0 Å². The number of nitrogens with one attached hydrogen (secondary N) is 1. The van der Waals surface area contributed by atoms with Gasteiger partial charge in [-0.3, -0.25) is 0 Å². The maximum absolute atomic E-state index is 6.36. The summed E-state index contributed by atoms with van der Waals surface area (Å²) < 4.78 is 0. The first-order chi connectivity index (χ1) is 8.15. The van der Waals surface area contributed by atoms with E-state index in [9.17, 15) is 0 Å². The van der Waals surface area contributed by atoms with E-state index >= 15 is 0 Å². The minimum absolute atomic E-state index is 0.0527. The number of hydrogen-bond donors (Lipinski definition) is 2. The largest absolute Gasteiger partial charge is 0.341 e. The van der Waals surface area contributed by atoms with E-state index in [4.69, 9.17) is 5.73 Å². The van der Waals surface area contributed by atoms with Crippen molar-refractivity contribution in [3.8, 4) is 0 Å². The van der Waals surface area contributed by atoms with Crippen molar-refractivity contribution in [1.82, 2.24) is 15.0 Å². The summed E-state index contributed by atoms with van der Waals surface area (Å²) in [5, 5.41) is 0. The van der Waals surface area contributed by atoms with Gasteiger partial charge in [0, 0.05) is 17.7 Å². The van der Waals surface area contributed by atoms with Gasteiger partial charge >= 0.3 is 0 Å². The van der Waals surface area contributed by atoms with Crippen LogP contribution < -0.4 is 5.73 Å². The number of pyridine rings is 1. The molecule has 0 unspecified atom stereocenters. The summed E-state index contributed by atoms with van der Waals surface area (Å²) in [6.07, 6.45) is 5.54. The molecule has 4 nitrogen and oxygen atoms in total. The number of fused-ring (bicyclic) bond motifs is 1. The molecule has 1 saturated carbocycles. The normalized spacial score (nSPS) is 18.9. The van der Waals surface area contributed by atoms with Gasteiger partial charge in [0.25, 0.3) is 0 Å². The molecule has 0 radical (unpaired) electrons. The molecule has 1 aliphatic rings. The Morgan fingerprint density at radius 2 is 2.06 bits per heavy atom. The molecule has 0 atom stereocenters. The summed E-state index contributed by atoms with van der Waals surface area (Å²) in [5.41, 5.74) is 9.12. The van der Waals surface area contributed by atoms with Gasteiger partial charge in [-0.1, -0.05) is 12.8 Å². The Labute approximate surface area is 101 Å². The van der Waals surface area contributed by atoms with Crippen molar-refractivity contribution in [3.05, 3.63) is 23.7 Å². The van der Waals surface area contributed by atoms with Crippen LogP contribution in [0.25, 0.3) is 11.2 Å². The Morgan fingerprint density at radius 3 is 2.82 bits per heavy atom. The Bertz CT molecular complexity index is 537. The van der Waals surface area contributed by atoms with Crippen LogP contribution in [-0.4, -0.2) is 20.5 Å². The van der Waals surface area contributed by atoms with Crippen molar-refractivity contribution in [2.75, 3.05) is 0 Å². The van der Waals surface area contributed by atoms with Crippen LogP contribution in [0, 0.1) is 6.92 Å². The highest BCUT2D eigenvalue weighted by molar-refractivity contribution is 5.70. The monoisotopic (exact) mass is 230 g/mol. The van der Waals surface area contributed by atoms with Gasteiger partial charge in [0.1, 0.15) is 5.82 Å². The lowest BCUT2D eigenvalue weighted by Crippen LogP contribution is -2.39. The van der Waals surface area contributed by atoms with E-state index in [1.807, 2.05) is 19.1 Å². The van der Waals surface area contributed by atoms with Gasteiger partial charge < -0.3 is 10.7 Å². The molecule has 2 aromatic rings. The lowest BCUT2D eigenvalue weighted by Gasteiger charge is -2.21. The Hall–Kier alpha value is -1.42. The third kappa shape index (κ3) is 2.05. The number of aryl methyl sites for hydroxylation is 1. The van der Waals surface area contributed by atoms with E-state index < -0.39 is 0 Å². The second-order valence-corrected chi connectivity index (χ2v) is 5.25. The molecule has 0 amide bonds. The summed E-state index contributed by atoms with van der Waals surface area (Å²) >= 11 is 0. The van der Waals surface area contributed by atoms with E-state index in [2.05, 4.69) is 15.0 Å². The molecule has 2 heterocycles. The number of nitrogens with zero attached hydrogens (tertiary/aromatic N) is 2. The fourth-order valence-electron chi connectivity index (χ4n) is 2.71. The molecule has 0 spiro atoms. The third-order valence-corrected chi connectivity index (χ3v) is 3.65. The van der Waals surface area contributed by atoms with Gasteiger partial charge in [-0.25, -0.2) is 9.97 Å². The number of rotatable bonds is 2. The number of nitrogens with two attached hydrogens (primary N) is 1. The molecule has 4 heteroatoms. The molecule has 3 N–H and O–H groups in total. The van der Waals surface area contributed by atoms with Crippen LogP contribution in [0.5, 0.6) is 0 Å². The molecule has 0 bridgehead atoms. The molecule has 17 heavy (non-hydrogen) atoms. The quantitative estimate of drug-likeness (QED) is 0.830. The molecular weight excluding hydrogens is 212 g/mol. The maximum Gasteiger partial charge on any atom is 0.177 e. The molecular formula is C13H18N4. The first-order valence-electron chi connectivity index (χ1n) is 6.26. The van der Waals surface area contributed by atoms with Crippen molar-refractivity contribution in [3.63, 3.8) is 0 Å². The average Bonchev–Trinajstić information content (AvgIpc) is 2.84. The van der Waals surface area contributed by atoms with Crippen LogP contribution in [0.15, 0.2) is 12.1 Å². The second kappa shape index (κ2) is 3.81. The number of aromatic nitrogens is 3. The van der Waals surface area contributed by atoms with Crippen LogP contribution in [0.1, 0.15) is 37.2 Å². The molecule has 0 saturated heterocycles. The Balaban J connectivity index is 1.90. The van der Waals surface area contributed by atoms with Crippen molar-refractivity contribution in [2.45, 2.75) is 44.6 Å². The van der Waals surface area contributed by atoms with Crippen molar-refractivity contribution in [2.24, 2.45) is 5.73 Å². The summed E-state index contributed by atoms with van der Waals surface area (Å²) in [7, 11) is 0. The Morgan fingerprint density at radius 1 is 1.29 bits per heavy atom. The number of H-pyrrole nitrogens is 1. The molecule has 90 valence electrons.